The molecule has 0 amide bonds. The van der Waals surface area contributed by atoms with Gasteiger partial charge in [0.15, 0.2) is 0 Å². The molecule has 0 aliphatic heterocycles. The lowest BCUT2D eigenvalue weighted by Crippen LogP contribution is -2.54. The van der Waals surface area contributed by atoms with Crippen LogP contribution in [0.4, 0.5) is 0 Å². The Kier molecular flexibility index (Phi) is 4.01. The van der Waals surface area contributed by atoms with Crippen LogP contribution in [0.2, 0.25) is 0 Å². The van der Waals surface area contributed by atoms with E-state index in [1.165, 1.54) is 20.5 Å². The summed E-state index contributed by atoms with van der Waals surface area (Å²) in [6.07, 6.45) is 0. The molecule has 0 atom stereocenters. The Hall–Kier alpha value is 0.394. The zero-order valence-electron chi connectivity index (χ0n) is 8.81. The van der Waals surface area contributed by atoms with Crippen molar-refractivity contribution in [1.29, 1.82) is 0 Å². The van der Waals surface area contributed by atoms with E-state index in [1.54, 1.807) is 0 Å². The Morgan fingerprint density at radius 1 is 1.09 bits per heavy atom. The Bertz CT molecular complexity index is 108. The fraction of sp³-hybridized carbons (Fsp3) is 0.875. The fourth-order valence-electron chi connectivity index (χ4n) is 1.99. The first-order valence-corrected chi connectivity index (χ1v) is 6.40. The fourth-order valence-corrected chi connectivity index (χ4v) is 4.06. The summed E-state index contributed by atoms with van der Waals surface area (Å²) in [5.74, 6) is 0. The van der Waals surface area contributed by atoms with Crippen LogP contribution in [0.15, 0.2) is 0 Å². The van der Waals surface area contributed by atoms with E-state index < -0.39 is 0 Å². The maximum atomic E-state index is 4.26. The molecule has 0 unspecified atom stereocenters. The molecule has 0 aliphatic carbocycles. The van der Waals surface area contributed by atoms with Gasteiger partial charge in [-0.1, -0.05) is 0 Å². The van der Waals surface area contributed by atoms with E-state index in [0.717, 1.165) is 0 Å². The summed E-state index contributed by atoms with van der Waals surface area (Å²) in [4.78, 5) is 2.85. The predicted octanol–water partition coefficient (Wildman–Crippen LogP) is -0.676. The van der Waals surface area contributed by atoms with Crippen LogP contribution < -0.4 is 0 Å². The largest absolute Gasteiger partial charge is 0.300 e. The van der Waals surface area contributed by atoms with Crippen LogP contribution in [0.5, 0.6) is 0 Å². The highest BCUT2D eigenvalue weighted by molar-refractivity contribution is 6.40. The van der Waals surface area contributed by atoms with Gasteiger partial charge in [0.05, 0.1) is 0 Å². The van der Waals surface area contributed by atoms with Gasteiger partial charge in [0, 0.05) is 32.6 Å². The standard InChI is InChI=1S/C8H22NSi2/c1-6(2)9(7(3)4)8(5,10)11/h6-7H,5H2,1-4,10-11H3. The third-order valence-corrected chi connectivity index (χ3v) is 2.84. The van der Waals surface area contributed by atoms with Gasteiger partial charge in [-0.15, -0.1) is 0 Å². The van der Waals surface area contributed by atoms with E-state index in [4.69, 9.17) is 0 Å². The Balaban J connectivity index is 4.35. The van der Waals surface area contributed by atoms with Crippen molar-refractivity contribution >= 4 is 20.5 Å². The number of hydrogen-bond donors (Lipinski definition) is 0. The minimum absolute atomic E-state index is 0.322. The smallest absolute Gasteiger partial charge is 0.0234 e. The first-order valence-electron chi connectivity index (χ1n) is 4.40. The van der Waals surface area contributed by atoms with Gasteiger partial charge in [-0.2, -0.15) is 0 Å². The minimum atomic E-state index is 0.322. The van der Waals surface area contributed by atoms with Gasteiger partial charge < -0.3 is 4.90 Å². The topological polar surface area (TPSA) is 3.24 Å². The van der Waals surface area contributed by atoms with Crippen LogP contribution in [-0.2, 0) is 0 Å². The summed E-state index contributed by atoms with van der Waals surface area (Å²) in [6, 6.07) is 1.28. The SMILES string of the molecule is [CH2]C([SiH3])([SiH3])N(C(C)C)C(C)C. The van der Waals surface area contributed by atoms with Crippen molar-refractivity contribution in [2.45, 2.75) is 44.6 Å². The molecule has 0 saturated heterocycles. The van der Waals surface area contributed by atoms with Gasteiger partial charge in [-0.25, -0.2) is 0 Å². The number of nitrogens with zero attached hydrogens (tertiary/aromatic N) is 1. The predicted molar refractivity (Wildman–Crippen MR) is 60.1 cm³/mol. The molecule has 0 aliphatic rings. The summed E-state index contributed by atoms with van der Waals surface area (Å²) >= 11 is 0. The van der Waals surface area contributed by atoms with Crippen LogP contribution in [0.3, 0.4) is 0 Å². The van der Waals surface area contributed by atoms with Crippen LogP contribution in [0, 0.1) is 6.92 Å². The molecular weight excluding hydrogens is 166 g/mol. The van der Waals surface area contributed by atoms with Crippen LogP contribution >= 0.6 is 0 Å². The maximum Gasteiger partial charge on any atom is 0.0234 e. The second-order valence-corrected chi connectivity index (χ2v) is 10.7. The molecule has 11 heavy (non-hydrogen) atoms. The first-order chi connectivity index (χ1) is 4.76. The average Bonchev–Trinajstić information content (AvgIpc) is 1.54. The van der Waals surface area contributed by atoms with Gasteiger partial charge in [-0.05, 0) is 39.4 Å². The van der Waals surface area contributed by atoms with Gasteiger partial charge in [-0.3, -0.25) is 0 Å². The van der Waals surface area contributed by atoms with Crippen molar-refractivity contribution in [2.24, 2.45) is 0 Å². The van der Waals surface area contributed by atoms with Crippen LogP contribution in [-0.4, -0.2) is 42.3 Å². The molecule has 1 radical (unpaired) electrons. The summed E-state index contributed by atoms with van der Waals surface area (Å²) in [7, 11) is 2.37. The zero-order valence-corrected chi connectivity index (χ0v) is 12.8. The maximum absolute atomic E-state index is 4.26. The van der Waals surface area contributed by atoms with E-state index in [2.05, 4.69) is 39.5 Å². The highest BCUT2D eigenvalue weighted by atomic mass is 28.2. The van der Waals surface area contributed by atoms with Crippen molar-refractivity contribution < 1.29 is 0 Å². The molecule has 1 nitrogen and oxygen atoms in total. The van der Waals surface area contributed by atoms with Crippen LogP contribution in [0.25, 0.3) is 0 Å². The van der Waals surface area contributed by atoms with Crippen molar-refractivity contribution in [2.75, 3.05) is 0 Å². The van der Waals surface area contributed by atoms with Crippen molar-refractivity contribution in [3.8, 4) is 0 Å². The second-order valence-electron chi connectivity index (χ2n) is 4.41. The van der Waals surface area contributed by atoms with Gasteiger partial charge >= 0.3 is 0 Å². The molecule has 0 rings (SSSR count). The van der Waals surface area contributed by atoms with Crippen molar-refractivity contribution in [1.82, 2.24) is 4.90 Å². The third kappa shape index (κ3) is 3.53. The Labute approximate surface area is 77.4 Å². The van der Waals surface area contributed by atoms with E-state index in [-0.39, 0.29) is 0 Å². The van der Waals surface area contributed by atoms with E-state index in [1.807, 2.05) is 0 Å². The van der Waals surface area contributed by atoms with E-state index >= 15 is 0 Å². The molecule has 0 bridgehead atoms. The average molecular weight is 188 g/mol. The third-order valence-electron chi connectivity index (χ3n) is 1.81. The Morgan fingerprint density at radius 3 is 1.36 bits per heavy atom. The summed E-state index contributed by atoms with van der Waals surface area (Å²) < 4.78 is 0. The zero-order chi connectivity index (χ0) is 9.23. The van der Waals surface area contributed by atoms with E-state index in [0.29, 0.717) is 16.9 Å². The van der Waals surface area contributed by atoms with Gasteiger partial charge in [0.25, 0.3) is 0 Å². The normalized spacial score (nSPS) is 18.5. The summed E-state index contributed by atoms with van der Waals surface area (Å²) in [5.41, 5.74) is 0. The Morgan fingerprint density at radius 2 is 1.36 bits per heavy atom. The summed E-state index contributed by atoms with van der Waals surface area (Å²) in [6.45, 7) is 13.3. The lowest BCUT2D eigenvalue weighted by atomic mass is 10.2. The molecule has 0 aromatic rings. The quantitative estimate of drug-likeness (QED) is 0.531. The molecule has 0 saturated carbocycles. The molecule has 0 N–H and O–H groups in total. The van der Waals surface area contributed by atoms with Crippen LogP contribution in [0.1, 0.15) is 27.7 Å². The minimum Gasteiger partial charge on any atom is -0.300 e. The summed E-state index contributed by atoms with van der Waals surface area (Å²) in [5, 5.41) is 0. The lowest BCUT2D eigenvalue weighted by Gasteiger charge is -2.42. The molecule has 0 aromatic heterocycles. The highest BCUT2D eigenvalue weighted by Crippen LogP contribution is 2.14. The number of hydrogen-bond acceptors (Lipinski definition) is 1. The van der Waals surface area contributed by atoms with Gasteiger partial charge in [0.1, 0.15) is 0 Å². The van der Waals surface area contributed by atoms with Gasteiger partial charge in [0.2, 0.25) is 0 Å². The molecule has 0 heterocycles. The number of rotatable bonds is 3. The van der Waals surface area contributed by atoms with E-state index in [9.17, 15) is 0 Å². The lowest BCUT2D eigenvalue weighted by molar-refractivity contribution is 0.155. The molecule has 0 aromatic carbocycles. The molecule has 3 heteroatoms. The van der Waals surface area contributed by atoms with Crippen molar-refractivity contribution in [3.05, 3.63) is 6.92 Å². The molecule has 67 valence electrons. The molecular formula is C8H22NSi2. The monoisotopic (exact) mass is 188 g/mol. The molecule has 0 spiro atoms. The second kappa shape index (κ2) is 3.87. The highest BCUT2D eigenvalue weighted by Gasteiger charge is 2.25. The molecule has 0 fully saturated rings. The van der Waals surface area contributed by atoms with Crippen molar-refractivity contribution in [3.63, 3.8) is 0 Å². The first kappa shape index (κ1) is 11.4.